The second kappa shape index (κ2) is 6.91. The third-order valence-corrected chi connectivity index (χ3v) is 3.20. The molecule has 1 atom stereocenters. The molecule has 0 aliphatic rings. The average Bonchev–Trinajstić information content (AvgIpc) is 2.52. The lowest BCUT2D eigenvalue weighted by Gasteiger charge is -2.14. The summed E-state index contributed by atoms with van der Waals surface area (Å²) in [6.45, 7) is 0. The molecule has 1 N–H and O–H groups in total. The number of hydrogen-bond donors (Lipinski definition) is 1. The Labute approximate surface area is 119 Å². The first-order valence-electron chi connectivity index (χ1n) is 6.55. The average molecular weight is 273 g/mol. The van der Waals surface area contributed by atoms with Crippen LogP contribution in [0.1, 0.15) is 23.8 Å². The molecule has 0 aliphatic carbocycles. The Morgan fingerprint density at radius 1 is 1.10 bits per heavy atom. The molecule has 0 spiro atoms. The highest BCUT2D eigenvalue weighted by Crippen LogP contribution is 2.32. The zero-order chi connectivity index (χ0) is 14.4. The Morgan fingerprint density at radius 3 is 2.60 bits per heavy atom. The van der Waals surface area contributed by atoms with E-state index in [9.17, 15) is 5.11 Å². The molecular weight excluding hydrogens is 254 g/mol. The first-order chi connectivity index (χ1) is 9.76. The summed E-state index contributed by atoms with van der Waals surface area (Å²) in [5.74, 6) is 1.43. The van der Waals surface area contributed by atoms with Crippen molar-refractivity contribution in [2.45, 2.75) is 18.9 Å². The highest BCUT2D eigenvalue weighted by Gasteiger charge is 2.13. The fraction of sp³-hybridized carbons (Fsp3) is 0.312. The summed E-state index contributed by atoms with van der Waals surface area (Å²) in [5, 5.41) is 10.1. The summed E-state index contributed by atoms with van der Waals surface area (Å²) in [7, 11) is 3.24. The fourth-order valence-electron chi connectivity index (χ4n) is 2.16. The maximum atomic E-state index is 10.1. The minimum absolute atomic E-state index is 0.577. The molecule has 2 aromatic rings. The third kappa shape index (κ3) is 3.27. The van der Waals surface area contributed by atoms with E-state index in [1.54, 1.807) is 20.4 Å². The van der Waals surface area contributed by atoms with E-state index in [-0.39, 0.29) is 0 Å². The summed E-state index contributed by atoms with van der Waals surface area (Å²) in [4.78, 5) is 4.16. The maximum absolute atomic E-state index is 10.1. The van der Waals surface area contributed by atoms with Crippen LogP contribution in [-0.4, -0.2) is 24.3 Å². The van der Waals surface area contributed by atoms with Crippen LogP contribution in [0, 0.1) is 0 Å². The zero-order valence-corrected chi connectivity index (χ0v) is 11.7. The number of rotatable bonds is 6. The third-order valence-electron chi connectivity index (χ3n) is 3.20. The highest BCUT2D eigenvalue weighted by atomic mass is 16.5. The SMILES string of the molecule is COc1cccc(CCC(O)c2ccccn2)c1OC. The van der Waals surface area contributed by atoms with Crippen LogP contribution in [0.5, 0.6) is 11.5 Å². The molecule has 20 heavy (non-hydrogen) atoms. The molecule has 1 aromatic heterocycles. The maximum Gasteiger partial charge on any atom is 0.163 e. The first-order valence-corrected chi connectivity index (χ1v) is 6.55. The van der Waals surface area contributed by atoms with Crippen LogP contribution in [-0.2, 0) is 6.42 Å². The smallest absolute Gasteiger partial charge is 0.163 e. The van der Waals surface area contributed by atoms with Gasteiger partial charge in [0.1, 0.15) is 0 Å². The Bertz CT molecular complexity index is 543. The number of nitrogens with zero attached hydrogens (tertiary/aromatic N) is 1. The van der Waals surface area contributed by atoms with Crippen LogP contribution in [0.4, 0.5) is 0 Å². The van der Waals surface area contributed by atoms with Gasteiger partial charge in [-0.2, -0.15) is 0 Å². The van der Waals surface area contributed by atoms with Crippen molar-refractivity contribution < 1.29 is 14.6 Å². The summed E-state index contributed by atoms with van der Waals surface area (Å²) in [6.07, 6.45) is 2.38. The molecule has 0 saturated heterocycles. The van der Waals surface area contributed by atoms with Crippen LogP contribution in [0.15, 0.2) is 42.6 Å². The lowest BCUT2D eigenvalue weighted by molar-refractivity contribution is 0.162. The van der Waals surface area contributed by atoms with Gasteiger partial charge < -0.3 is 14.6 Å². The number of aliphatic hydroxyl groups is 1. The number of aryl methyl sites for hydroxylation is 1. The Morgan fingerprint density at radius 2 is 1.95 bits per heavy atom. The number of benzene rings is 1. The molecule has 0 aliphatic heterocycles. The Kier molecular flexibility index (Phi) is 4.96. The van der Waals surface area contributed by atoms with Gasteiger partial charge in [-0.15, -0.1) is 0 Å². The second-order valence-electron chi connectivity index (χ2n) is 4.46. The molecule has 2 rings (SSSR count). The van der Waals surface area contributed by atoms with Gasteiger partial charge in [0.15, 0.2) is 11.5 Å². The summed E-state index contributed by atoms with van der Waals surface area (Å²) < 4.78 is 10.7. The van der Waals surface area contributed by atoms with Crippen LogP contribution in [0.3, 0.4) is 0 Å². The minimum atomic E-state index is -0.577. The van der Waals surface area contributed by atoms with Gasteiger partial charge in [-0.05, 0) is 36.6 Å². The van der Waals surface area contributed by atoms with Gasteiger partial charge in [0.25, 0.3) is 0 Å². The predicted octanol–water partition coefficient (Wildman–Crippen LogP) is 2.77. The van der Waals surface area contributed by atoms with Crippen molar-refractivity contribution in [2.24, 2.45) is 0 Å². The lowest BCUT2D eigenvalue weighted by atomic mass is 10.0. The van der Waals surface area contributed by atoms with E-state index in [4.69, 9.17) is 9.47 Å². The van der Waals surface area contributed by atoms with Crippen molar-refractivity contribution in [3.8, 4) is 11.5 Å². The molecule has 1 aromatic carbocycles. The summed E-state index contributed by atoms with van der Waals surface area (Å²) in [5.41, 5.74) is 1.70. The Hall–Kier alpha value is -2.07. The topological polar surface area (TPSA) is 51.6 Å². The zero-order valence-electron chi connectivity index (χ0n) is 11.7. The predicted molar refractivity (Wildman–Crippen MR) is 77.1 cm³/mol. The van der Waals surface area contributed by atoms with E-state index >= 15 is 0 Å². The minimum Gasteiger partial charge on any atom is -0.493 e. The number of ether oxygens (including phenoxy) is 2. The van der Waals surface area contributed by atoms with E-state index in [0.717, 1.165) is 11.3 Å². The molecule has 0 fully saturated rings. The summed E-state index contributed by atoms with van der Waals surface area (Å²) >= 11 is 0. The molecule has 0 radical (unpaired) electrons. The molecule has 0 amide bonds. The highest BCUT2D eigenvalue weighted by molar-refractivity contribution is 5.46. The van der Waals surface area contributed by atoms with E-state index in [1.807, 2.05) is 36.4 Å². The van der Waals surface area contributed by atoms with Gasteiger partial charge in [-0.3, -0.25) is 4.98 Å². The van der Waals surface area contributed by atoms with Crippen molar-refractivity contribution >= 4 is 0 Å². The number of methoxy groups -OCH3 is 2. The van der Waals surface area contributed by atoms with Crippen LogP contribution in [0.25, 0.3) is 0 Å². The van der Waals surface area contributed by atoms with Crippen molar-refractivity contribution in [1.82, 2.24) is 4.98 Å². The van der Waals surface area contributed by atoms with Gasteiger partial charge >= 0.3 is 0 Å². The fourth-order valence-corrected chi connectivity index (χ4v) is 2.16. The molecule has 4 heteroatoms. The molecule has 0 bridgehead atoms. The molecule has 1 unspecified atom stereocenters. The first kappa shape index (κ1) is 14.3. The standard InChI is InChI=1S/C16H19NO3/c1-19-15-8-5-6-12(16(15)20-2)9-10-14(18)13-7-3-4-11-17-13/h3-8,11,14,18H,9-10H2,1-2H3. The molecular formula is C16H19NO3. The van der Waals surface area contributed by atoms with Crippen molar-refractivity contribution in [3.63, 3.8) is 0 Å². The van der Waals surface area contributed by atoms with Crippen LogP contribution < -0.4 is 9.47 Å². The number of hydrogen-bond acceptors (Lipinski definition) is 4. The lowest BCUT2D eigenvalue weighted by Crippen LogP contribution is -2.03. The molecule has 106 valence electrons. The number of pyridine rings is 1. The van der Waals surface area contributed by atoms with Gasteiger partial charge in [0.2, 0.25) is 0 Å². The summed E-state index contributed by atoms with van der Waals surface area (Å²) in [6, 6.07) is 11.3. The van der Waals surface area contributed by atoms with Gasteiger partial charge in [0, 0.05) is 6.20 Å². The van der Waals surface area contributed by atoms with Crippen molar-refractivity contribution in [1.29, 1.82) is 0 Å². The van der Waals surface area contributed by atoms with Crippen molar-refractivity contribution in [2.75, 3.05) is 14.2 Å². The normalized spacial score (nSPS) is 11.9. The largest absolute Gasteiger partial charge is 0.493 e. The monoisotopic (exact) mass is 273 g/mol. The van der Waals surface area contributed by atoms with E-state index < -0.39 is 6.10 Å². The molecule has 0 saturated carbocycles. The van der Waals surface area contributed by atoms with E-state index in [0.29, 0.717) is 24.3 Å². The molecule has 4 nitrogen and oxygen atoms in total. The number of aromatic nitrogens is 1. The quantitative estimate of drug-likeness (QED) is 0.879. The van der Waals surface area contributed by atoms with Crippen molar-refractivity contribution in [3.05, 3.63) is 53.9 Å². The van der Waals surface area contributed by atoms with E-state index in [2.05, 4.69) is 4.98 Å². The Balaban J connectivity index is 2.07. The molecule has 1 heterocycles. The van der Waals surface area contributed by atoms with Gasteiger partial charge in [-0.25, -0.2) is 0 Å². The second-order valence-corrected chi connectivity index (χ2v) is 4.46. The van der Waals surface area contributed by atoms with Gasteiger partial charge in [0.05, 0.1) is 26.0 Å². The number of aliphatic hydroxyl groups excluding tert-OH is 1. The van der Waals surface area contributed by atoms with Crippen LogP contribution >= 0.6 is 0 Å². The van der Waals surface area contributed by atoms with E-state index in [1.165, 1.54) is 0 Å². The number of para-hydroxylation sites is 1. The van der Waals surface area contributed by atoms with Gasteiger partial charge in [-0.1, -0.05) is 18.2 Å². The van der Waals surface area contributed by atoms with Crippen LogP contribution in [0.2, 0.25) is 0 Å².